The molecule has 18 heavy (non-hydrogen) atoms. The summed E-state index contributed by atoms with van der Waals surface area (Å²) in [5.41, 5.74) is 5.24. The van der Waals surface area contributed by atoms with Crippen molar-refractivity contribution in [2.75, 3.05) is 12.8 Å². The summed E-state index contributed by atoms with van der Waals surface area (Å²) in [6.45, 7) is 1.68. The molecule has 0 aliphatic carbocycles. The fraction of sp³-hybridized carbons (Fsp3) is 0.333. The summed E-state index contributed by atoms with van der Waals surface area (Å²) in [7, 11) is 1.48. The van der Waals surface area contributed by atoms with Gasteiger partial charge in [-0.3, -0.25) is 4.79 Å². The monoisotopic (exact) mass is 253 g/mol. The van der Waals surface area contributed by atoms with Gasteiger partial charge in [0.05, 0.1) is 18.1 Å². The Hall–Kier alpha value is -2.16. The lowest BCUT2D eigenvalue weighted by atomic mass is 10.1. The zero-order valence-corrected chi connectivity index (χ0v) is 10.1. The number of anilines is 1. The topological polar surface area (TPSA) is 70.1 Å². The van der Waals surface area contributed by atoms with Crippen LogP contribution in [0.25, 0.3) is 0 Å². The number of nitrogens with two attached hydrogens (primary N) is 1. The van der Waals surface area contributed by atoms with Crippen molar-refractivity contribution in [1.82, 2.24) is 4.90 Å². The van der Waals surface area contributed by atoms with Crippen molar-refractivity contribution in [3.8, 4) is 6.07 Å². The van der Waals surface area contributed by atoms with Gasteiger partial charge < -0.3 is 10.6 Å². The lowest BCUT2D eigenvalue weighted by Crippen LogP contribution is -2.35. The predicted octanol–water partition coefficient (Wildman–Crippen LogP) is 1.92. The van der Waals surface area contributed by atoms with E-state index in [2.05, 4.69) is 0 Å². The number of amides is 1. The van der Waals surface area contributed by atoms with Gasteiger partial charge in [-0.05, 0) is 13.0 Å². The maximum absolute atomic E-state index is 13.1. The van der Waals surface area contributed by atoms with E-state index in [-0.39, 0.29) is 23.7 Å². The largest absolute Gasteiger partial charge is 0.398 e. The maximum atomic E-state index is 13.1. The van der Waals surface area contributed by atoms with Gasteiger partial charge >= 0.3 is 0 Å². The van der Waals surface area contributed by atoms with E-state index in [0.717, 1.165) is 12.1 Å². The van der Waals surface area contributed by atoms with Gasteiger partial charge in [0.1, 0.15) is 0 Å². The van der Waals surface area contributed by atoms with Crippen LogP contribution in [0.4, 0.5) is 14.5 Å². The quantitative estimate of drug-likeness (QED) is 0.836. The number of hydrogen-bond acceptors (Lipinski definition) is 3. The molecule has 6 heteroatoms. The fourth-order valence-electron chi connectivity index (χ4n) is 1.41. The summed E-state index contributed by atoms with van der Waals surface area (Å²) in [6, 6.07) is 3.13. The normalized spacial score (nSPS) is 11.7. The third-order valence-electron chi connectivity index (χ3n) is 2.69. The number of hydrogen-bond donors (Lipinski definition) is 1. The summed E-state index contributed by atoms with van der Waals surface area (Å²) in [4.78, 5) is 13.3. The number of rotatable bonds is 3. The Kier molecular flexibility index (Phi) is 4.21. The van der Waals surface area contributed by atoms with Crippen LogP contribution in [0, 0.1) is 23.0 Å². The number of nitrogens with zero attached hydrogens (tertiary/aromatic N) is 2. The van der Waals surface area contributed by atoms with Crippen molar-refractivity contribution in [2.24, 2.45) is 0 Å². The summed E-state index contributed by atoms with van der Waals surface area (Å²) in [5.74, 6) is -2.78. The zero-order valence-electron chi connectivity index (χ0n) is 10.1. The van der Waals surface area contributed by atoms with Crippen molar-refractivity contribution in [3.05, 3.63) is 29.3 Å². The van der Waals surface area contributed by atoms with E-state index >= 15 is 0 Å². The highest BCUT2D eigenvalue weighted by Crippen LogP contribution is 2.19. The van der Waals surface area contributed by atoms with Crippen molar-refractivity contribution < 1.29 is 13.6 Å². The van der Waals surface area contributed by atoms with E-state index in [9.17, 15) is 13.6 Å². The highest BCUT2D eigenvalue weighted by molar-refractivity contribution is 5.99. The number of nitriles is 1. The molecular formula is C12H13F2N3O. The van der Waals surface area contributed by atoms with Crippen LogP contribution in [0.5, 0.6) is 0 Å². The molecule has 0 bridgehead atoms. The molecule has 1 atom stereocenters. The molecule has 0 saturated carbocycles. The number of nitrogen functional groups attached to an aromatic ring is 1. The fourth-order valence-corrected chi connectivity index (χ4v) is 1.41. The second-order valence-electron chi connectivity index (χ2n) is 3.98. The van der Waals surface area contributed by atoms with Crippen molar-refractivity contribution in [1.29, 1.82) is 5.26 Å². The molecule has 0 saturated heterocycles. The summed E-state index contributed by atoms with van der Waals surface area (Å²) in [6.07, 6.45) is 0.145. The molecule has 0 spiro atoms. The lowest BCUT2D eigenvalue weighted by Gasteiger charge is -2.23. The summed E-state index contributed by atoms with van der Waals surface area (Å²) in [5, 5.41) is 8.55. The molecule has 0 aromatic heterocycles. The van der Waals surface area contributed by atoms with E-state index in [0.29, 0.717) is 0 Å². The van der Waals surface area contributed by atoms with Crippen LogP contribution in [0.1, 0.15) is 23.7 Å². The van der Waals surface area contributed by atoms with E-state index < -0.39 is 17.5 Å². The number of benzene rings is 1. The van der Waals surface area contributed by atoms with Crippen LogP contribution in [0.2, 0.25) is 0 Å². The van der Waals surface area contributed by atoms with E-state index in [4.69, 9.17) is 11.0 Å². The minimum Gasteiger partial charge on any atom is -0.398 e. The van der Waals surface area contributed by atoms with Gasteiger partial charge in [-0.25, -0.2) is 8.78 Å². The van der Waals surface area contributed by atoms with Crippen molar-refractivity contribution in [3.63, 3.8) is 0 Å². The van der Waals surface area contributed by atoms with Crippen LogP contribution >= 0.6 is 0 Å². The second kappa shape index (κ2) is 5.45. The lowest BCUT2D eigenvalue weighted by molar-refractivity contribution is 0.0746. The summed E-state index contributed by atoms with van der Waals surface area (Å²) >= 11 is 0. The molecule has 0 heterocycles. The van der Waals surface area contributed by atoms with Crippen LogP contribution in [-0.2, 0) is 0 Å². The highest BCUT2D eigenvalue weighted by atomic mass is 19.2. The first-order valence-corrected chi connectivity index (χ1v) is 5.27. The number of carbonyl (C=O) groups is 1. The van der Waals surface area contributed by atoms with Crippen LogP contribution in [0.15, 0.2) is 12.1 Å². The highest BCUT2D eigenvalue weighted by Gasteiger charge is 2.21. The smallest absolute Gasteiger partial charge is 0.256 e. The van der Waals surface area contributed by atoms with Gasteiger partial charge in [-0.15, -0.1) is 0 Å². The summed E-state index contributed by atoms with van der Waals surface area (Å²) < 4.78 is 26.0. The molecular weight excluding hydrogens is 240 g/mol. The Morgan fingerprint density at radius 2 is 2.06 bits per heavy atom. The van der Waals surface area contributed by atoms with Crippen molar-refractivity contribution in [2.45, 2.75) is 19.4 Å². The zero-order chi connectivity index (χ0) is 13.9. The Labute approximate surface area is 104 Å². The molecule has 1 aromatic carbocycles. The molecule has 4 nitrogen and oxygen atoms in total. The van der Waals surface area contributed by atoms with Gasteiger partial charge in [-0.2, -0.15) is 5.26 Å². The van der Waals surface area contributed by atoms with Gasteiger partial charge in [0, 0.05) is 24.8 Å². The predicted molar refractivity (Wildman–Crippen MR) is 62.6 cm³/mol. The molecule has 0 aliphatic rings. The van der Waals surface area contributed by atoms with Crippen molar-refractivity contribution >= 4 is 11.6 Å². The molecule has 0 aliphatic heterocycles. The van der Waals surface area contributed by atoms with Gasteiger partial charge in [0.25, 0.3) is 5.91 Å². The molecule has 1 aromatic rings. The molecule has 1 unspecified atom stereocenters. The van der Waals surface area contributed by atoms with E-state index in [1.165, 1.54) is 11.9 Å². The first-order chi connectivity index (χ1) is 8.38. The molecule has 0 radical (unpaired) electrons. The molecule has 96 valence electrons. The van der Waals surface area contributed by atoms with Crippen LogP contribution in [-0.4, -0.2) is 23.9 Å². The maximum Gasteiger partial charge on any atom is 0.256 e. The Morgan fingerprint density at radius 3 is 2.61 bits per heavy atom. The van der Waals surface area contributed by atoms with E-state index in [1.807, 2.05) is 6.07 Å². The average Bonchev–Trinajstić information content (AvgIpc) is 2.32. The molecule has 1 amide bonds. The van der Waals surface area contributed by atoms with Gasteiger partial charge in [0.15, 0.2) is 11.6 Å². The molecule has 2 N–H and O–H groups in total. The van der Waals surface area contributed by atoms with Crippen LogP contribution < -0.4 is 5.73 Å². The molecule has 1 rings (SSSR count). The van der Waals surface area contributed by atoms with E-state index in [1.54, 1.807) is 6.92 Å². The number of carbonyl (C=O) groups excluding carboxylic acids is 1. The third-order valence-corrected chi connectivity index (χ3v) is 2.69. The standard InChI is InChI=1S/C12H13F2N3O/c1-7(3-4-15)17(2)12(18)8-5-9(13)10(14)6-11(8)16/h5-7H,3,16H2,1-2H3. The Morgan fingerprint density at radius 1 is 1.50 bits per heavy atom. The Balaban J connectivity index is 3.05. The molecule has 0 fully saturated rings. The van der Waals surface area contributed by atoms with Crippen LogP contribution in [0.3, 0.4) is 0 Å². The minimum absolute atomic E-state index is 0.110. The third kappa shape index (κ3) is 2.74. The average molecular weight is 253 g/mol. The first-order valence-electron chi connectivity index (χ1n) is 5.27. The van der Waals surface area contributed by atoms with Gasteiger partial charge in [-0.1, -0.05) is 0 Å². The SMILES string of the molecule is CC(CC#N)N(C)C(=O)c1cc(F)c(F)cc1N. The Bertz CT molecular complexity index is 511. The number of halogens is 2. The van der Waals surface area contributed by atoms with Gasteiger partial charge in [0.2, 0.25) is 0 Å². The first kappa shape index (κ1) is 13.9. The minimum atomic E-state index is -1.13. The second-order valence-corrected chi connectivity index (χ2v) is 3.98.